The zero-order valence-electron chi connectivity index (χ0n) is 14.1. The molecule has 0 radical (unpaired) electrons. The minimum atomic E-state index is -0.256. The molecule has 0 aliphatic rings. The molecule has 1 aromatic heterocycles. The van der Waals surface area contributed by atoms with Crippen LogP contribution in [0.2, 0.25) is 0 Å². The highest BCUT2D eigenvalue weighted by molar-refractivity contribution is 5.28. The highest BCUT2D eigenvalue weighted by Crippen LogP contribution is 2.27. The Morgan fingerprint density at radius 1 is 1.35 bits per heavy atom. The van der Waals surface area contributed by atoms with Crippen LogP contribution in [-0.4, -0.2) is 27.5 Å². The lowest BCUT2D eigenvalue weighted by atomic mass is 9.86. The fraction of sp³-hybridized carbons (Fsp3) is 0.812. The molecule has 0 aliphatic heterocycles. The first-order valence-electron chi connectivity index (χ1n) is 7.59. The molecular weight excluding hydrogens is 250 g/mol. The lowest BCUT2D eigenvalue weighted by Crippen LogP contribution is -2.34. The Morgan fingerprint density at radius 2 is 1.95 bits per heavy atom. The maximum absolute atomic E-state index is 9.58. The van der Waals surface area contributed by atoms with E-state index in [0.29, 0.717) is 6.04 Å². The third-order valence-corrected chi connectivity index (χ3v) is 4.00. The predicted octanol–water partition coefficient (Wildman–Crippen LogP) is 2.87. The first-order chi connectivity index (χ1) is 9.18. The van der Waals surface area contributed by atoms with Crippen molar-refractivity contribution in [2.24, 2.45) is 12.5 Å². The lowest BCUT2D eigenvalue weighted by Gasteiger charge is -2.29. The van der Waals surface area contributed by atoms with Gasteiger partial charge in [-0.15, -0.1) is 0 Å². The summed E-state index contributed by atoms with van der Waals surface area (Å²) in [5, 5.41) is 17.7. The Labute approximate surface area is 123 Å². The molecule has 0 spiro atoms. The summed E-state index contributed by atoms with van der Waals surface area (Å²) in [6, 6.07) is 0.331. The summed E-state index contributed by atoms with van der Waals surface area (Å²) in [4.78, 5) is 0. The summed E-state index contributed by atoms with van der Waals surface area (Å²) < 4.78 is 1.95. The second-order valence-corrected chi connectivity index (χ2v) is 6.77. The Hall–Kier alpha value is -0.870. The van der Waals surface area contributed by atoms with Gasteiger partial charge in [0.1, 0.15) is 0 Å². The van der Waals surface area contributed by atoms with Gasteiger partial charge in [-0.3, -0.25) is 4.68 Å². The van der Waals surface area contributed by atoms with Crippen LogP contribution in [0.25, 0.3) is 0 Å². The summed E-state index contributed by atoms with van der Waals surface area (Å²) in [7, 11) is 2.00. The molecule has 0 amide bonds. The van der Waals surface area contributed by atoms with Crippen LogP contribution in [-0.2, 0) is 7.05 Å². The van der Waals surface area contributed by atoms with E-state index >= 15 is 0 Å². The number of aliphatic hydroxyl groups excluding tert-OH is 1. The maximum Gasteiger partial charge on any atom is 0.0644 e. The van der Waals surface area contributed by atoms with Gasteiger partial charge in [0.05, 0.1) is 11.8 Å². The minimum absolute atomic E-state index is 0.0889. The van der Waals surface area contributed by atoms with Gasteiger partial charge < -0.3 is 10.4 Å². The first-order valence-corrected chi connectivity index (χ1v) is 7.59. The van der Waals surface area contributed by atoms with Gasteiger partial charge in [-0.2, -0.15) is 5.10 Å². The highest BCUT2D eigenvalue weighted by atomic mass is 16.3. The van der Waals surface area contributed by atoms with Gasteiger partial charge in [-0.05, 0) is 39.0 Å². The van der Waals surface area contributed by atoms with Crippen molar-refractivity contribution in [3.63, 3.8) is 0 Å². The molecule has 1 aromatic rings. The topological polar surface area (TPSA) is 50.1 Å². The van der Waals surface area contributed by atoms with E-state index in [1.165, 1.54) is 11.3 Å². The van der Waals surface area contributed by atoms with Crippen molar-refractivity contribution in [2.75, 3.05) is 6.54 Å². The molecule has 0 aromatic carbocycles. The molecule has 1 heterocycles. The molecule has 0 bridgehead atoms. The van der Waals surface area contributed by atoms with E-state index in [-0.39, 0.29) is 11.5 Å². The normalized spacial score (nSPS) is 15.4. The van der Waals surface area contributed by atoms with Crippen LogP contribution >= 0.6 is 0 Å². The van der Waals surface area contributed by atoms with Crippen molar-refractivity contribution >= 4 is 0 Å². The van der Waals surface area contributed by atoms with Crippen molar-refractivity contribution in [3.8, 4) is 0 Å². The number of rotatable bonds is 7. The summed E-state index contributed by atoms with van der Waals surface area (Å²) >= 11 is 0. The van der Waals surface area contributed by atoms with E-state index in [1.54, 1.807) is 0 Å². The highest BCUT2D eigenvalue weighted by Gasteiger charge is 2.24. The first kappa shape index (κ1) is 17.2. The summed E-state index contributed by atoms with van der Waals surface area (Å²) in [5.74, 6) is 0. The third kappa shape index (κ3) is 4.32. The number of hydrogen-bond acceptors (Lipinski definition) is 3. The quantitative estimate of drug-likeness (QED) is 0.808. The third-order valence-electron chi connectivity index (χ3n) is 4.00. The summed E-state index contributed by atoms with van der Waals surface area (Å²) in [6.45, 7) is 13.5. The standard InChI is InChI=1S/C16H31N3O/c1-8-14(15-12(3)18-19(7)13(15)4)17-10-16(5,6)9-11(2)20/h11,14,17,20H,8-10H2,1-7H3. The summed E-state index contributed by atoms with van der Waals surface area (Å²) in [6.07, 6.45) is 1.59. The average Bonchev–Trinajstić information content (AvgIpc) is 2.54. The number of nitrogens with zero attached hydrogens (tertiary/aromatic N) is 2. The molecule has 2 atom stereocenters. The molecule has 0 fully saturated rings. The van der Waals surface area contributed by atoms with Gasteiger partial charge in [-0.1, -0.05) is 20.8 Å². The molecule has 2 unspecified atom stereocenters. The van der Waals surface area contributed by atoms with Crippen LogP contribution in [0.15, 0.2) is 0 Å². The Morgan fingerprint density at radius 3 is 2.35 bits per heavy atom. The zero-order chi connectivity index (χ0) is 15.5. The fourth-order valence-corrected chi connectivity index (χ4v) is 3.02. The van der Waals surface area contributed by atoms with E-state index in [4.69, 9.17) is 0 Å². The molecule has 4 nitrogen and oxygen atoms in total. The monoisotopic (exact) mass is 281 g/mol. The van der Waals surface area contributed by atoms with Crippen LogP contribution < -0.4 is 5.32 Å². The van der Waals surface area contributed by atoms with Gasteiger partial charge in [0.25, 0.3) is 0 Å². The number of aliphatic hydroxyl groups is 1. The number of aromatic nitrogens is 2. The SMILES string of the molecule is CCC(NCC(C)(C)CC(C)O)c1c(C)nn(C)c1C. The van der Waals surface area contributed by atoms with Crippen molar-refractivity contribution in [1.29, 1.82) is 0 Å². The number of aryl methyl sites for hydroxylation is 2. The van der Waals surface area contributed by atoms with E-state index in [1.807, 2.05) is 18.7 Å². The smallest absolute Gasteiger partial charge is 0.0644 e. The van der Waals surface area contributed by atoms with E-state index in [9.17, 15) is 5.11 Å². The van der Waals surface area contributed by atoms with Gasteiger partial charge in [0, 0.05) is 30.9 Å². The average molecular weight is 281 g/mol. The fourth-order valence-electron chi connectivity index (χ4n) is 3.02. The van der Waals surface area contributed by atoms with Gasteiger partial charge >= 0.3 is 0 Å². The van der Waals surface area contributed by atoms with Crippen molar-refractivity contribution in [3.05, 3.63) is 17.0 Å². The van der Waals surface area contributed by atoms with Gasteiger partial charge in [0.15, 0.2) is 0 Å². The van der Waals surface area contributed by atoms with E-state index in [2.05, 4.69) is 45.0 Å². The van der Waals surface area contributed by atoms with Crippen molar-refractivity contribution in [1.82, 2.24) is 15.1 Å². The molecule has 0 saturated carbocycles. The summed E-state index contributed by atoms with van der Waals surface area (Å²) in [5.41, 5.74) is 3.75. The zero-order valence-corrected chi connectivity index (χ0v) is 14.1. The number of nitrogens with one attached hydrogen (secondary N) is 1. The predicted molar refractivity (Wildman–Crippen MR) is 83.8 cm³/mol. The molecule has 1 rings (SSSR count). The van der Waals surface area contributed by atoms with Gasteiger partial charge in [-0.25, -0.2) is 0 Å². The number of hydrogen-bond donors (Lipinski definition) is 2. The Bertz CT molecular complexity index is 435. The Kier molecular flexibility index (Phi) is 5.78. The lowest BCUT2D eigenvalue weighted by molar-refractivity contribution is 0.126. The van der Waals surface area contributed by atoms with Crippen LogP contribution in [0, 0.1) is 19.3 Å². The van der Waals surface area contributed by atoms with Crippen molar-refractivity contribution in [2.45, 2.75) is 66.5 Å². The van der Waals surface area contributed by atoms with Crippen LogP contribution in [0.3, 0.4) is 0 Å². The van der Waals surface area contributed by atoms with Crippen LogP contribution in [0.1, 0.15) is 63.5 Å². The van der Waals surface area contributed by atoms with E-state index in [0.717, 1.165) is 25.1 Å². The molecular formula is C16H31N3O. The largest absolute Gasteiger partial charge is 0.393 e. The molecule has 2 N–H and O–H groups in total. The molecule has 0 saturated heterocycles. The van der Waals surface area contributed by atoms with Crippen molar-refractivity contribution < 1.29 is 5.11 Å². The molecule has 116 valence electrons. The Balaban J connectivity index is 2.78. The van der Waals surface area contributed by atoms with Crippen LogP contribution in [0.4, 0.5) is 0 Å². The second-order valence-electron chi connectivity index (χ2n) is 6.77. The van der Waals surface area contributed by atoms with Gasteiger partial charge in [0.2, 0.25) is 0 Å². The minimum Gasteiger partial charge on any atom is -0.393 e. The maximum atomic E-state index is 9.58. The second kappa shape index (κ2) is 6.72. The molecule has 20 heavy (non-hydrogen) atoms. The van der Waals surface area contributed by atoms with E-state index < -0.39 is 0 Å². The van der Waals surface area contributed by atoms with Crippen LogP contribution in [0.5, 0.6) is 0 Å². The molecule has 0 aliphatic carbocycles. The molecule has 4 heteroatoms.